The molecule has 4 atom stereocenters. The van der Waals surface area contributed by atoms with Gasteiger partial charge in [-0.25, -0.2) is 0 Å². The first kappa shape index (κ1) is 27.8. The summed E-state index contributed by atoms with van der Waals surface area (Å²) in [6.07, 6.45) is 10.2. The van der Waals surface area contributed by atoms with Gasteiger partial charge >= 0.3 is 0 Å². The predicted octanol–water partition coefficient (Wildman–Crippen LogP) is 2.22. The largest absolute Gasteiger partial charge is 0.366 e. The number of halogens is 1. The zero-order valence-corrected chi connectivity index (χ0v) is 20.9. The quantitative estimate of drug-likeness (QED) is 0.388. The van der Waals surface area contributed by atoms with Crippen LogP contribution in [0.5, 0.6) is 0 Å². The average molecular weight is 490 g/mol. The molecule has 0 spiro atoms. The van der Waals surface area contributed by atoms with Crippen LogP contribution in [-0.4, -0.2) is 67.4 Å². The Kier molecular flexibility index (Phi) is 11.0. The molecule has 0 saturated carbocycles. The number of ether oxygens (including phenoxy) is 1. The maximum absolute atomic E-state index is 13.4. The van der Waals surface area contributed by atoms with Gasteiger partial charge in [0.15, 0.2) is 5.78 Å². The summed E-state index contributed by atoms with van der Waals surface area (Å²) in [5.74, 6) is 2.08. The van der Waals surface area contributed by atoms with Crippen molar-refractivity contribution < 1.29 is 19.1 Å². The van der Waals surface area contributed by atoms with Crippen LogP contribution in [0, 0.1) is 12.3 Å². The van der Waals surface area contributed by atoms with E-state index in [1.807, 2.05) is 12.1 Å². The highest BCUT2D eigenvalue weighted by Gasteiger charge is 2.38. The first-order chi connectivity index (χ1) is 16.0. The third kappa shape index (κ3) is 6.82. The second kappa shape index (κ2) is 13.5. The maximum Gasteiger partial charge on any atom is 0.248 e. The molecular formula is C26H36ClN3O4. The van der Waals surface area contributed by atoms with Gasteiger partial charge < -0.3 is 20.3 Å². The number of benzene rings is 1. The summed E-state index contributed by atoms with van der Waals surface area (Å²) in [7, 11) is 1.68. The molecule has 0 radical (unpaired) electrons. The molecule has 1 heterocycles. The number of ketones is 1. The Balaban J connectivity index is 0.00000408. The number of carbonyl (C=O) groups is 3. The summed E-state index contributed by atoms with van der Waals surface area (Å²) in [6, 6.07) is 6.55. The van der Waals surface area contributed by atoms with Crippen LogP contribution >= 0.6 is 12.4 Å². The van der Waals surface area contributed by atoms with Crippen molar-refractivity contribution in [3.05, 3.63) is 35.4 Å². The molecule has 2 aliphatic rings. The van der Waals surface area contributed by atoms with Gasteiger partial charge in [-0.3, -0.25) is 14.4 Å². The minimum Gasteiger partial charge on any atom is -0.366 e. The van der Waals surface area contributed by atoms with Crippen LogP contribution in [0.3, 0.4) is 0 Å². The Bertz CT molecular complexity index is 900. The lowest BCUT2D eigenvalue weighted by atomic mass is 9.79. The third-order valence-corrected chi connectivity index (χ3v) is 6.76. The van der Waals surface area contributed by atoms with Crippen LogP contribution in [0.1, 0.15) is 56.1 Å². The van der Waals surface area contributed by atoms with Gasteiger partial charge in [-0.05, 0) is 63.1 Å². The van der Waals surface area contributed by atoms with Gasteiger partial charge in [-0.2, -0.15) is 0 Å². The van der Waals surface area contributed by atoms with Crippen molar-refractivity contribution in [2.75, 3.05) is 26.8 Å². The molecular weight excluding hydrogens is 454 g/mol. The molecule has 0 bridgehead atoms. The number of nitrogens with one attached hydrogen (secondary N) is 2. The van der Waals surface area contributed by atoms with Crippen LogP contribution in [0.4, 0.5) is 0 Å². The summed E-state index contributed by atoms with van der Waals surface area (Å²) in [4.78, 5) is 40.8. The van der Waals surface area contributed by atoms with Gasteiger partial charge in [-0.1, -0.05) is 30.2 Å². The molecule has 1 aliphatic heterocycles. The number of carbonyl (C=O) groups excluding carboxylic acids is 3. The molecule has 1 aromatic carbocycles. The number of hydrogen-bond acceptors (Lipinski definition) is 5. The van der Waals surface area contributed by atoms with Crippen LogP contribution < -0.4 is 10.6 Å². The van der Waals surface area contributed by atoms with E-state index < -0.39 is 18.1 Å². The van der Waals surface area contributed by atoms with Gasteiger partial charge in [0.1, 0.15) is 12.6 Å². The van der Waals surface area contributed by atoms with E-state index in [9.17, 15) is 14.4 Å². The minimum atomic E-state index is -0.884. The number of likely N-dealkylation sites (tertiary alicyclic amines) is 1. The first-order valence-corrected chi connectivity index (χ1v) is 11.9. The number of Topliss-reactive ketones (excluding diaryl/α,β-unsaturated/α-hetero) is 1. The fourth-order valence-electron chi connectivity index (χ4n) is 4.85. The lowest BCUT2D eigenvalue weighted by Crippen LogP contribution is -2.56. The van der Waals surface area contributed by atoms with Crippen molar-refractivity contribution in [1.29, 1.82) is 0 Å². The lowest BCUT2D eigenvalue weighted by molar-refractivity contribution is -0.142. The SMILES string of the molecule is C#CCOC[C@H](NC(=O)[C@H](C)NC)C(=O)N1CCC[C@H]1C(=O)C[C@@H]1CCCc2ccccc21.Cl. The van der Waals surface area contributed by atoms with E-state index in [0.29, 0.717) is 19.4 Å². The molecule has 1 saturated heterocycles. The second-order valence-electron chi connectivity index (χ2n) is 8.94. The van der Waals surface area contributed by atoms with E-state index in [-0.39, 0.29) is 49.1 Å². The summed E-state index contributed by atoms with van der Waals surface area (Å²) in [6.45, 7) is 2.23. The molecule has 1 aromatic rings. The normalized spacial score (nSPS) is 20.9. The van der Waals surface area contributed by atoms with Crippen molar-refractivity contribution in [1.82, 2.24) is 15.5 Å². The first-order valence-electron chi connectivity index (χ1n) is 11.9. The number of terminal acetylenes is 1. The van der Waals surface area contributed by atoms with Crippen LogP contribution in [-0.2, 0) is 25.5 Å². The van der Waals surface area contributed by atoms with Crippen LogP contribution in [0.25, 0.3) is 0 Å². The number of rotatable bonds is 10. The monoisotopic (exact) mass is 489 g/mol. The van der Waals surface area contributed by atoms with Crippen molar-refractivity contribution in [3.63, 3.8) is 0 Å². The molecule has 3 rings (SSSR count). The van der Waals surface area contributed by atoms with E-state index in [0.717, 1.165) is 25.7 Å². The van der Waals surface area contributed by atoms with E-state index >= 15 is 0 Å². The number of likely N-dealkylation sites (N-methyl/N-ethyl adjacent to an activating group) is 1. The Morgan fingerprint density at radius 2 is 2.00 bits per heavy atom. The third-order valence-electron chi connectivity index (χ3n) is 6.76. The van der Waals surface area contributed by atoms with E-state index in [1.165, 1.54) is 11.1 Å². The van der Waals surface area contributed by atoms with Crippen molar-refractivity contribution in [2.24, 2.45) is 0 Å². The number of aryl methyl sites for hydroxylation is 1. The zero-order valence-electron chi connectivity index (χ0n) is 20.0. The molecule has 34 heavy (non-hydrogen) atoms. The van der Waals surface area contributed by atoms with Crippen molar-refractivity contribution in [2.45, 2.75) is 69.5 Å². The minimum absolute atomic E-state index is 0. The highest BCUT2D eigenvalue weighted by atomic mass is 35.5. The predicted molar refractivity (Wildman–Crippen MR) is 134 cm³/mol. The summed E-state index contributed by atoms with van der Waals surface area (Å²) in [5, 5.41) is 5.62. The molecule has 8 heteroatoms. The lowest BCUT2D eigenvalue weighted by Gasteiger charge is -2.31. The molecule has 7 nitrogen and oxygen atoms in total. The smallest absolute Gasteiger partial charge is 0.248 e. The zero-order chi connectivity index (χ0) is 23.8. The molecule has 2 N–H and O–H groups in total. The number of amides is 2. The standard InChI is InChI=1S/C26H35N3O4.ClH/c1-4-15-33-17-22(28-25(31)18(2)27-3)26(32)29-14-8-13-23(29)24(30)16-20-11-7-10-19-9-5-6-12-21(19)20;/h1,5-6,9,12,18,20,22-23,27H,7-8,10-11,13-17H2,2-3H3,(H,28,31);1H/t18-,20-,22-,23-;/m0./s1. The molecule has 1 fully saturated rings. The maximum atomic E-state index is 13.4. The highest BCUT2D eigenvalue weighted by Crippen LogP contribution is 2.35. The van der Waals surface area contributed by atoms with Crippen molar-refractivity contribution in [3.8, 4) is 12.3 Å². The Hall–Kier alpha value is -2.40. The Morgan fingerprint density at radius 1 is 1.24 bits per heavy atom. The molecule has 186 valence electrons. The van der Waals surface area contributed by atoms with Crippen LogP contribution in [0.2, 0.25) is 0 Å². The number of hydrogen-bond donors (Lipinski definition) is 2. The topological polar surface area (TPSA) is 87.7 Å². The van der Waals surface area contributed by atoms with Crippen LogP contribution in [0.15, 0.2) is 24.3 Å². The summed E-state index contributed by atoms with van der Waals surface area (Å²) < 4.78 is 5.39. The average Bonchev–Trinajstić information content (AvgIpc) is 3.33. The van der Waals surface area contributed by atoms with E-state index in [1.54, 1.807) is 18.9 Å². The molecule has 1 aliphatic carbocycles. The van der Waals surface area contributed by atoms with E-state index in [2.05, 4.69) is 28.7 Å². The van der Waals surface area contributed by atoms with Gasteiger partial charge in [0, 0.05) is 13.0 Å². The van der Waals surface area contributed by atoms with Crippen molar-refractivity contribution >= 4 is 30.0 Å². The van der Waals surface area contributed by atoms with Gasteiger partial charge in [0.05, 0.1) is 18.7 Å². The summed E-state index contributed by atoms with van der Waals surface area (Å²) >= 11 is 0. The Morgan fingerprint density at radius 3 is 2.74 bits per heavy atom. The van der Waals surface area contributed by atoms with Gasteiger partial charge in [-0.15, -0.1) is 18.8 Å². The second-order valence-corrected chi connectivity index (χ2v) is 8.94. The number of nitrogens with zero attached hydrogens (tertiary/aromatic N) is 1. The summed E-state index contributed by atoms with van der Waals surface area (Å²) in [5.41, 5.74) is 2.59. The number of fused-ring (bicyclic) bond motifs is 1. The fraction of sp³-hybridized carbons (Fsp3) is 0.577. The fourth-order valence-corrected chi connectivity index (χ4v) is 4.85. The van der Waals surface area contributed by atoms with Gasteiger partial charge in [0.25, 0.3) is 0 Å². The molecule has 2 amide bonds. The van der Waals surface area contributed by atoms with E-state index in [4.69, 9.17) is 11.2 Å². The molecule has 0 aromatic heterocycles. The highest BCUT2D eigenvalue weighted by molar-refractivity contribution is 5.94. The molecule has 0 unspecified atom stereocenters. The Labute approximate surface area is 208 Å². The van der Waals surface area contributed by atoms with Gasteiger partial charge in [0.2, 0.25) is 11.8 Å².